The topological polar surface area (TPSA) is 20.2 Å². The van der Waals surface area contributed by atoms with E-state index in [0.717, 1.165) is 22.9 Å². The maximum Gasteiger partial charge on any atom is 0.0796 e. The molecule has 1 aromatic heterocycles. The van der Waals surface area contributed by atoms with E-state index < -0.39 is 0 Å². The zero-order valence-electron chi connectivity index (χ0n) is 8.61. The minimum Gasteiger partial charge on any atom is -0.388 e. The van der Waals surface area contributed by atoms with Crippen molar-refractivity contribution in [2.75, 3.05) is 0 Å². The Hall–Kier alpha value is -0.640. The van der Waals surface area contributed by atoms with Gasteiger partial charge in [0.25, 0.3) is 0 Å². The quantitative estimate of drug-likeness (QED) is 0.837. The van der Waals surface area contributed by atoms with Crippen LogP contribution in [0, 0.1) is 0 Å². The Balaban J connectivity index is 2.16. The summed E-state index contributed by atoms with van der Waals surface area (Å²) < 4.78 is 1.13. The number of hydrogen-bond donors (Lipinski definition) is 1. The Bertz CT molecular complexity index is 532. The van der Waals surface area contributed by atoms with Crippen LogP contribution in [-0.4, -0.2) is 5.11 Å². The molecule has 0 aliphatic heterocycles. The molecule has 2 aromatic rings. The van der Waals surface area contributed by atoms with Crippen LogP contribution in [0.15, 0.2) is 34.1 Å². The Labute approximate surface area is 107 Å². The van der Waals surface area contributed by atoms with Crippen molar-refractivity contribution < 1.29 is 5.11 Å². The molecule has 0 spiro atoms. The van der Waals surface area contributed by atoms with Crippen molar-refractivity contribution in [3.8, 4) is 10.4 Å². The molecule has 0 fully saturated rings. The maximum atomic E-state index is 9.85. The number of aliphatic hydroxyl groups is 1. The van der Waals surface area contributed by atoms with Gasteiger partial charge in [0.1, 0.15) is 0 Å². The lowest BCUT2D eigenvalue weighted by molar-refractivity contribution is 0.180. The second kappa shape index (κ2) is 3.99. The van der Waals surface area contributed by atoms with E-state index in [1.807, 2.05) is 12.1 Å². The Kier molecular flexibility index (Phi) is 2.62. The van der Waals surface area contributed by atoms with Gasteiger partial charge in [-0.2, -0.15) is 0 Å². The lowest BCUT2D eigenvalue weighted by atomic mass is 10.0. The minimum atomic E-state index is -0.265. The molecule has 0 bridgehead atoms. The van der Waals surface area contributed by atoms with Crippen LogP contribution in [0.1, 0.15) is 23.7 Å². The molecule has 1 unspecified atom stereocenters. The molecule has 0 amide bonds. The van der Waals surface area contributed by atoms with E-state index in [2.05, 4.69) is 33.4 Å². The zero-order valence-corrected chi connectivity index (χ0v) is 11.0. The van der Waals surface area contributed by atoms with E-state index in [1.54, 1.807) is 11.3 Å². The molecule has 1 nitrogen and oxygen atoms in total. The van der Waals surface area contributed by atoms with E-state index in [4.69, 9.17) is 0 Å². The normalized spacial score (nSPS) is 18.8. The van der Waals surface area contributed by atoms with Crippen LogP contribution in [0.4, 0.5) is 0 Å². The highest BCUT2D eigenvalue weighted by atomic mass is 79.9. The van der Waals surface area contributed by atoms with Crippen molar-refractivity contribution in [1.82, 2.24) is 0 Å². The van der Waals surface area contributed by atoms with Crippen LogP contribution < -0.4 is 0 Å². The van der Waals surface area contributed by atoms with E-state index in [-0.39, 0.29) is 6.10 Å². The van der Waals surface area contributed by atoms with Crippen molar-refractivity contribution in [2.24, 2.45) is 0 Å². The number of hydrogen-bond acceptors (Lipinski definition) is 2. The van der Waals surface area contributed by atoms with Gasteiger partial charge in [0.2, 0.25) is 0 Å². The van der Waals surface area contributed by atoms with Gasteiger partial charge in [-0.3, -0.25) is 0 Å². The predicted octanol–water partition coefficient (Wildman–Crippen LogP) is 4.16. The predicted molar refractivity (Wildman–Crippen MR) is 70.7 cm³/mol. The fourth-order valence-corrected chi connectivity index (χ4v) is 3.80. The van der Waals surface area contributed by atoms with E-state index in [9.17, 15) is 5.11 Å². The van der Waals surface area contributed by atoms with E-state index in [0.29, 0.717) is 0 Å². The van der Waals surface area contributed by atoms with Gasteiger partial charge in [0.15, 0.2) is 0 Å². The average Bonchev–Trinajstić information content (AvgIpc) is 2.86. The van der Waals surface area contributed by atoms with Gasteiger partial charge in [-0.25, -0.2) is 0 Å². The highest BCUT2D eigenvalue weighted by Crippen LogP contribution is 2.40. The third-order valence-electron chi connectivity index (χ3n) is 3.07. The molecule has 0 saturated heterocycles. The molecule has 1 N–H and O–H groups in total. The van der Waals surface area contributed by atoms with Crippen LogP contribution in [0.5, 0.6) is 0 Å². The van der Waals surface area contributed by atoms with E-state index >= 15 is 0 Å². The van der Waals surface area contributed by atoms with Crippen LogP contribution >= 0.6 is 27.3 Å². The largest absolute Gasteiger partial charge is 0.388 e. The Morgan fingerprint density at radius 1 is 1.38 bits per heavy atom. The molecule has 82 valence electrons. The molecule has 3 rings (SSSR count). The van der Waals surface area contributed by atoms with Gasteiger partial charge < -0.3 is 5.11 Å². The van der Waals surface area contributed by atoms with Crippen LogP contribution in [0.2, 0.25) is 0 Å². The third kappa shape index (κ3) is 1.63. The van der Waals surface area contributed by atoms with Crippen LogP contribution in [0.25, 0.3) is 10.4 Å². The zero-order chi connectivity index (χ0) is 11.1. The number of benzene rings is 1. The van der Waals surface area contributed by atoms with E-state index in [1.165, 1.54) is 16.0 Å². The summed E-state index contributed by atoms with van der Waals surface area (Å²) in [6, 6.07) is 8.37. The third-order valence-corrected chi connectivity index (χ3v) is 4.80. The smallest absolute Gasteiger partial charge is 0.0796 e. The van der Waals surface area contributed by atoms with Gasteiger partial charge in [-0.15, -0.1) is 11.3 Å². The first-order chi connectivity index (χ1) is 7.75. The average molecular weight is 295 g/mol. The second-order valence-electron chi connectivity index (χ2n) is 4.06. The lowest BCUT2D eigenvalue weighted by Gasteiger charge is -2.07. The summed E-state index contributed by atoms with van der Waals surface area (Å²) in [6.07, 6.45) is 1.58. The Morgan fingerprint density at radius 3 is 3.00 bits per heavy atom. The fourth-order valence-electron chi connectivity index (χ4n) is 2.32. The number of thiophene rings is 1. The Morgan fingerprint density at radius 2 is 2.25 bits per heavy atom. The number of rotatable bonds is 1. The van der Waals surface area contributed by atoms with Crippen molar-refractivity contribution in [3.63, 3.8) is 0 Å². The first-order valence-electron chi connectivity index (χ1n) is 5.30. The maximum absolute atomic E-state index is 9.85. The van der Waals surface area contributed by atoms with Gasteiger partial charge in [-0.05, 0) is 51.5 Å². The van der Waals surface area contributed by atoms with Crippen molar-refractivity contribution in [1.29, 1.82) is 0 Å². The standard InChI is InChI=1S/C13H11BrOS/c14-8-6-13(16-7-8)11-3-1-2-10-9(11)4-5-12(10)15/h1-3,6-7,12,15H,4-5H2. The monoisotopic (exact) mass is 294 g/mol. The van der Waals surface area contributed by atoms with Crippen molar-refractivity contribution in [2.45, 2.75) is 18.9 Å². The highest BCUT2D eigenvalue weighted by molar-refractivity contribution is 9.10. The molecule has 3 heteroatoms. The molecule has 0 radical (unpaired) electrons. The molecule has 0 saturated carbocycles. The first kappa shape index (κ1) is 10.5. The van der Waals surface area contributed by atoms with Gasteiger partial charge >= 0.3 is 0 Å². The van der Waals surface area contributed by atoms with Crippen molar-refractivity contribution in [3.05, 3.63) is 45.2 Å². The molecule has 1 atom stereocenters. The summed E-state index contributed by atoms with van der Waals surface area (Å²) in [5, 5.41) is 11.9. The molecule has 1 aliphatic rings. The van der Waals surface area contributed by atoms with Crippen LogP contribution in [0.3, 0.4) is 0 Å². The number of fused-ring (bicyclic) bond motifs is 1. The van der Waals surface area contributed by atoms with Crippen molar-refractivity contribution >= 4 is 27.3 Å². The summed E-state index contributed by atoms with van der Waals surface area (Å²) in [5.74, 6) is 0. The van der Waals surface area contributed by atoms with Gasteiger partial charge in [-0.1, -0.05) is 18.2 Å². The lowest BCUT2D eigenvalue weighted by Crippen LogP contribution is -1.90. The SMILES string of the molecule is OC1CCc2c(-c3cc(Br)cs3)cccc21. The molecular weight excluding hydrogens is 284 g/mol. The summed E-state index contributed by atoms with van der Waals surface area (Å²) in [5.41, 5.74) is 3.72. The fraction of sp³-hybridized carbons (Fsp3) is 0.231. The number of aliphatic hydroxyl groups excluding tert-OH is 1. The summed E-state index contributed by atoms with van der Waals surface area (Å²) in [4.78, 5) is 1.28. The number of halogens is 1. The summed E-state index contributed by atoms with van der Waals surface area (Å²) in [6.45, 7) is 0. The molecule has 1 aromatic carbocycles. The van der Waals surface area contributed by atoms with Gasteiger partial charge in [0, 0.05) is 14.7 Å². The van der Waals surface area contributed by atoms with Crippen LogP contribution in [-0.2, 0) is 6.42 Å². The summed E-state index contributed by atoms with van der Waals surface area (Å²) >= 11 is 5.22. The molecular formula is C13H11BrOS. The minimum absolute atomic E-state index is 0.265. The molecule has 1 heterocycles. The highest BCUT2D eigenvalue weighted by Gasteiger charge is 2.23. The first-order valence-corrected chi connectivity index (χ1v) is 6.97. The van der Waals surface area contributed by atoms with Gasteiger partial charge in [0.05, 0.1) is 6.10 Å². The molecule has 16 heavy (non-hydrogen) atoms. The summed E-state index contributed by atoms with van der Waals surface area (Å²) in [7, 11) is 0. The molecule has 1 aliphatic carbocycles. The second-order valence-corrected chi connectivity index (χ2v) is 5.88.